The maximum atomic E-state index is 13.2. The van der Waals surface area contributed by atoms with Crippen molar-refractivity contribution in [1.82, 2.24) is 0 Å². The molecule has 0 aromatic heterocycles. The van der Waals surface area contributed by atoms with Crippen LogP contribution >= 0.6 is 0 Å². The minimum Gasteiger partial charge on any atom is -0.453 e. The predicted octanol–water partition coefficient (Wildman–Crippen LogP) is 5.49. The highest BCUT2D eigenvalue weighted by molar-refractivity contribution is 6.01. The summed E-state index contributed by atoms with van der Waals surface area (Å²) in [6.45, 7) is 3.64. The highest BCUT2D eigenvalue weighted by Crippen LogP contribution is 2.40. The van der Waals surface area contributed by atoms with E-state index in [1.165, 1.54) is 0 Å². The second-order valence-corrected chi connectivity index (χ2v) is 6.98. The van der Waals surface area contributed by atoms with Crippen LogP contribution in [0.25, 0.3) is 0 Å². The van der Waals surface area contributed by atoms with Gasteiger partial charge in [-0.1, -0.05) is 78.9 Å². The minimum atomic E-state index is -0.937. The van der Waals surface area contributed by atoms with Gasteiger partial charge < -0.3 is 4.74 Å². The second-order valence-electron chi connectivity index (χ2n) is 6.98. The lowest BCUT2D eigenvalue weighted by molar-refractivity contribution is -0.00385. The zero-order valence-electron chi connectivity index (χ0n) is 15.5. The van der Waals surface area contributed by atoms with E-state index >= 15 is 0 Å². The molecule has 0 unspecified atom stereocenters. The fourth-order valence-corrected chi connectivity index (χ4v) is 3.09. The standard InChI is InChI=1S/C24H22O3/c1-24(2,21(25)18-12-6-3-7-13-18)22(19-14-8-4-9-15-19)27-23(26)20-16-10-5-11-17-20/h3-17,22H,1-2H3/t22-/m0/s1. The smallest absolute Gasteiger partial charge is 0.338 e. The molecule has 0 radical (unpaired) electrons. The van der Waals surface area contributed by atoms with E-state index in [0.717, 1.165) is 5.56 Å². The predicted molar refractivity (Wildman–Crippen MR) is 106 cm³/mol. The van der Waals surface area contributed by atoms with Crippen molar-refractivity contribution in [3.8, 4) is 0 Å². The maximum absolute atomic E-state index is 13.2. The lowest BCUT2D eigenvalue weighted by Gasteiger charge is -2.33. The van der Waals surface area contributed by atoms with Crippen molar-refractivity contribution in [1.29, 1.82) is 0 Å². The monoisotopic (exact) mass is 358 g/mol. The van der Waals surface area contributed by atoms with Crippen LogP contribution in [0.15, 0.2) is 91.0 Å². The molecule has 0 amide bonds. The quantitative estimate of drug-likeness (QED) is 0.432. The Labute approximate surface area is 159 Å². The molecule has 0 N–H and O–H groups in total. The molecule has 3 rings (SSSR count). The lowest BCUT2D eigenvalue weighted by Crippen LogP contribution is -2.34. The maximum Gasteiger partial charge on any atom is 0.338 e. The average Bonchev–Trinajstić information content (AvgIpc) is 2.73. The Morgan fingerprint density at radius 2 is 1.15 bits per heavy atom. The van der Waals surface area contributed by atoms with Crippen LogP contribution in [0.5, 0.6) is 0 Å². The van der Waals surface area contributed by atoms with E-state index in [9.17, 15) is 9.59 Å². The molecule has 1 atom stereocenters. The number of hydrogen-bond acceptors (Lipinski definition) is 3. The number of ether oxygens (including phenoxy) is 1. The first kappa shape index (κ1) is 18.6. The third-order valence-electron chi connectivity index (χ3n) is 4.61. The summed E-state index contributed by atoms with van der Waals surface area (Å²) in [5.74, 6) is -0.517. The van der Waals surface area contributed by atoms with Gasteiger partial charge in [-0.15, -0.1) is 0 Å². The molecule has 136 valence electrons. The summed E-state index contributed by atoms with van der Waals surface area (Å²) in [5.41, 5.74) is 0.907. The Morgan fingerprint density at radius 1 is 0.704 bits per heavy atom. The van der Waals surface area contributed by atoms with Gasteiger partial charge in [0.05, 0.1) is 11.0 Å². The van der Waals surface area contributed by atoms with E-state index < -0.39 is 17.5 Å². The Hall–Kier alpha value is -3.20. The molecule has 0 saturated heterocycles. The van der Waals surface area contributed by atoms with Crippen LogP contribution in [-0.2, 0) is 4.74 Å². The number of rotatable bonds is 6. The van der Waals surface area contributed by atoms with Gasteiger partial charge in [-0.2, -0.15) is 0 Å². The third-order valence-corrected chi connectivity index (χ3v) is 4.61. The highest BCUT2D eigenvalue weighted by atomic mass is 16.5. The summed E-state index contributed by atoms with van der Waals surface area (Å²) in [7, 11) is 0. The van der Waals surface area contributed by atoms with Crippen molar-refractivity contribution < 1.29 is 14.3 Å². The highest BCUT2D eigenvalue weighted by Gasteiger charge is 2.41. The van der Waals surface area contributed by atoms with Crippen LogP contribution in [0.1, 0.15) is 46.2 Å². The molecule has 3 aromatic rings. The first-order chi connectivity index (χ1) is 13.0. The number of Topliss-reactive ketones (excluding diaryl/α,β-unsaturated/α-hetero) is 1. The number of ketones is 1. The van der Waals surface area contributed by atoms with E-state index in [2.05, 4.69) is 0 Å². The van der Waals surface area contributed by atoms with Crippen LogP contribution < -0.4 is 0 Å². The van der Waals surface area contributed by atoms with Crippen molar-refractivity contribution in [2.45, 2.75) is 20.0 Å². The Morgan fingerprint density at radius 3 is 1.67 bits per heavy atom. The summed E-state index contributed by atoms with van der Waals surface area (Å²) >= 11 is 0. The van der Waals surface area contributed by atoms with Gasteiger partial charge in [-0.05, 0) is 31.5 Å². The first-order valence-corrected chi connectivity index (χ1v) is 8.91. The summed E-state index contributed by atoms with van der Waals surface area (Å²) in [5, 5.41) is 0. The van der Waals surface area contributed by atoms with Crippen molar-refractivity contribution in [3.05, 3.63) is 108 Å². The van der Waals surface area contributed by atoms with Gasteiger partial charge in [-0.25, -0.2) is 4.79 Å². The molecule has 0 spiro atoms. The first-order valence-electron chi connectivity index (χ1n) is 8.91. The fraction of sp³-hybridized carbons (Fsp3) is 0.167. The van der Waals surface area contributed by atoms with E-state index in [4.69, 9.17) is 4.74 Å². The largest absolute Gasteiger partial charge is 0.453 e. The molecule has 0 aliphatic carbocycles. The molecular weight excluding hydrogens is 336 g/mol. The van der Waals surface area contributed by atoms with E-state index in [0.29, 0.717) is 11.1 Å². The van der Waals surface area contributed by atoms with Crippen molar-refractivity contribution >= 4 is 11.8 Å². The van der Waals surface area contributed by atoms with Crippen molar-refractivity contribution in [2.75, 3.05) is 0 Å². The van der Waals surface area contributed by atoms with Crippen LogP contribution in [0.4, 0.5) is 0 Å². The number of carbonyl (C=O) groups excluding carboxylic acids is 2. The number of benzene rings is 3. The van der Waals surface area contributed by atoms with Gasteiger partial charge >= 0.3 is 5.97 Å². The summed E-state index contributed by atoms with van der Waals surface area (Å²) < 4.78 is 5.87. The molecule has 0 heterocycles. The van der Waals surface area contributed by atoms with Crippen molar-refractivity contribution in [3.63, 3.8) is 0 Å². The van der Waals surface area contributed by atoms with Crippen LogP contribution in [0, 0.1) is 5.41 Å². The molecule has 27 heavy (non-hydrogen) atoms. The van der Waals surface area contributed by atoms with Crippen LogP contribution in [0.2, 0.25) is 0 Å². The van der Waals surface area contributed by atoms with E-state index in [1.54, 1.807) is 36.4 Å². The molecule has 3 heteroatoms. The molecule has 0 aliphatic heterocycles. The van der Waals surface area contributed by atoms with Crippen LogP contribution in [-0.4, -0.2) is 11.8 Å². The zero-order chi connectivity index (χ0) is 19.3. The molecule has 0 bridgehead atoms. The Kier molecular flexibility index (Phi) is 5.51. The summed E-state index contributed by atoms with van der Waals surface area (Å²) in [6.07, 6.45) is -0.709. The molecule has 0 fully saturated rings. The van der Waals surface area contributed by atoms with Gasteiger partial charge in [-0.3, -0.25) is 4.79 Å². The summed E-state index contributed by atoms with van der Waals surface area (Å²) in [4.78, 5) is 25.9. The lowest BCUT2D eigenvalue weighted by atomic mass is 9.76. The molecular formula is C24H22O3. The molecule has 0 saturated carbocycles. The topological polar surface area (TPSA) is 43.4 Å². The normalized spacial score (nSPS) is 12.2. The van der Waals surface area contributed by atoms with E-state index in [-0.39, 0.29) is 5.78 Å². The SMILES string of the molecule is CC(C)(C(=O)c1ccccc1)[C@@H](OC(=O)c1ccccc1)c1ccccc1. The van der Waals surface area contributed by atoms with Gasteiger partial charge in [0.1, 0.15) is 6.10 Å². The van der Waals surface area contributed by atoms with Gasteiger partial charge in [0.25, 0.3) is 0 Å². The van der Waals surface area contributed by atoms with Gasteiger partial charge in [0, 0.05) is 5.56 Å². The number of esters is 1. The van der Waals surface area contributed by atoms with Gasteiger partial charge in [0.15, 0.2) is 5.78 Å². The number of hydrogen-bond donors (Lipinski definition) is 0. The molecule has 0 aliphatic rings. The fourth-order valence-electron chi connectivity index (χ4n) is 3.09. The minimum absolute atomic E-state index is 0.0715. The van der Waals surface area contributed by atoms with Gasteiger partial charge in [0.2, 0.25) is 0 Å². The zero-order valence-corrected chi connectivity index (χ0v) is 15.5. The second kappa shape index (κ2) is 8.00. The third kappa shape index (κ3) is 4.14. The molecule has 3 aromatic carbocycles. The molecule has 3 nitrogen and oxygen atoms in total. The van der Waals surface area contributed by atoms with E-state index in [1.807, 2.05) is 68.4 Å². The Balaban J connectivity index is 1.97. The number of carbonyl (C=O) groups is 2. The average molecular weight is 358 g/mol. The summed E-state index contributed by atoms with van der Waals surface area (Å²) in [6, 6.07) is 27.3. The van der Waals surface area contributed by atoms with Crippen LogP contribution in [0.3, 0.4) is 0 Å². The Bertz CT molecular complexity index is 900. The van der Waals surface area contributed by atoms with Crippen molar-refractivity contribution in [2.24, 2.45) is 5.41 Å².